The lowest BCUT2D eigenvalue weighted by molar-refractivity contribution is 0.533. The molecular formula is C15H15ClN2. The van der Waals surface area contributed by atoms with Gasteiger partial charge in [-0.2, -0.15) is 5.26 Å². The first-order valence-corrected chi connectivity index (χ1v) is 6.41. The van der Waals surface area contributed by atoms with Gasteiger partial charge in [0.2, 0.25) is 0 Å². The molecule has 0 N–H and O–H groups in total. The van der Waals surface area contributed by atoms with Crippen LogP contribution in [0.2, 0.25) is 5.02 Å². The van der Waals surface area contributed by atoms with E-state index in [-0.39, 0.29) is 0 Å². The van der Waals surface area contributed by atoms with E-state index >= 15 is 0 Å². The van der Waals surface area contributed by atoms with Gasteiger partial charge in [0.05, 0.1) is 5.56 Å². The fourth-order valence-corrected chi connectivity index (χ4v) is 2.16. The lowest BCUT2D eigenvalue weighted by Crippen LogP contribution is -1.99. The van der Waals surface area contributed by atoms with Gasteiger partial charge in [0.15, 0.2) is 0 Å². The van der Waals surface area contributed by atoms with Crippen LogP contribution in [0.5, 0.6) is 0 Å². The van der Waals surface area contributed by atoms with Crippen LogP contribution in [0.3, 0.4) is 0 Å². The Hall–Kier alpha value is -1.72. The van der Waals surface area contributed by atoms with Gasteiger partial charge in [-0.1, -0.05) is 36.7 Å². The van der Waals surface area contributed by atoms with Gasteiger partial charge in [-0.3, -0.25) is 0 Å². The topological polar surface area (TPSA) is 28.7 Å². The van der Waals surface area contributed by atoms with Crippen molar-refractivity contribution in [2.45, 2.75) is 26.3 Å². The van der Waals surface area contributed by atoms with Crippen molar-refractivity contribution in [2.75, 3.05) is 0 Å². The molecule has 0 radical (unpaired) electrons. The van der Waals surface area contributed by atoms with Crippen molar-refractivity contribution in [3.63, 3.8) is 0 Å². The number of nitrogens with zero attached hydrogens (tertiary/aromatic N) is 2. The molecule has 0 aliphatic carbocycles. The zero-order chi connectivity index (χ0) is 13.1. The number of aromatic nitrogens is 1. The summed E-state index contributed by atoms with van der Waals surface area (Å²) >= 11 is 6.19. The summed E-state index contributed by atoms with van der Waals surface area (Å²) in [6.45, 7) is 4.27. The minimum atomic E-state index is 0.383. The molecule has 0 aliphatic rings. The molecule has 3 heteroatoms. The lowest BCUT2D eigenvalue weighted by Gasteiger charge is -2.09. The molecule has 18 heavy (non-hydrogen) atoms. The van der Waals surface area contributed by atoms with Gasteiger partial charge in [-0.05, 0) is 19.4 Å². The Labute approximate surface area is 112 Å². The van der Waals surface area contributed by atoms with Crippen molar-refractivity contribution in [2.24, 2.45) is 0 Å². The minimum Gasteiger partial charge on any atom is -0.350 e. The first-order chi connectivity index (χ1) is 8.67. The maximum absolute atomic E-state index is 9.23. The fourth-order valence-electron chi connectivity index (χ4n) is 1.92. The summed E-state index contributed by atoms with van der Waals surface area (Å²) in [5.74, 6) is 0. The van der Waals surface area contributed by atoms with Gasteiger partial charge >= 0.3 is 0 Å². The molecule has 1 aromatic carbocycles. The predicted molar refractivity (Wildman–Crippen MR) is 74.6 cm³/mol. The zero-order valence-electron chi connectivity index (χ0n) is 10.5. The van der Waals surface area contributed by atoms with Gasteiger partial charge in [0.25, 0.3) is 0 Å². The van der Waals surface area contributed by atoms with Crippen LogP contribution in [0, 0.1) is 11.3 Å². The highest BCUT2D eigenvalue weighted by molar-refractivity contribution is 6.33. The fraction of sp³-hybridized carbons (Fsp3) is 0.267. The highest BCUT2D eigenvalue weighted by Crippen LogP contribution is 2.31. The highest BCUT2D eigenvalue weighted by atomic mass is 35.5. The second-order valence-electron chi connectivity index (χ2n) is 4.38. The molecule has 1 aromatic heterocycles. The molecular weight excluding hydrogens is 244 g/mol. The molecule has 1 heterocycles. The summed E-state index contributed by atoms with van der Waals surface area (Å²) in [6.07, 6.45) is 4.93. The van der Waals surface area contributed by atoms with E-state index < -0.39 is 0 Å². The van der Waals surface area contributed by atoms with Gasteiger partial charge in [0.1, 0.15) is 6.07 Å². The Bertz CT molecular complexity index is 593. The maximum Gasteiger partial charge on any atom is 0.101 e. The van der Waals surface area contributed by atoms with Gasteiger partial charge in [-0.25, -0.2) is 0 Å². The molecule has 92 valence electrons. The summed E-state index contributed by atoms with van der Waals surface area (Å²) in [7, 11) is 0. The summed E-state index contributed by atoms with van der Waals surface area (Å²) in [5, 5.41) is 9.91. The molecule has 0 bridgehead atoms. The normalized spacial score (nSPS) is 12.1. The van der Waals surface area contributed by atoms with Crippen molar-refractivity contribution in [1.82, 2.24) is 4.57 Å². The van der Waals surface area contributed by atoms with Crippen LogP contribution in [0.4, 0.5) is 0 Å². The maximum atomic E-state index is 9.23. The number of halogens is 1. The van der Waals surface area contributed by atoms with Crippen LogP contribution >= 0.6 is 11.6 Å². The van der Waals surface area contributed by atoms with E-state index in [0.29, 0.717) is 16.6 Å². The molecule has 2 rings (SSSR count). The van der Waals surface area contributed by atoms with Crippen molar-refractivity contribution in [3.8, 4) is 17.2 Å². The van der Waals surface area contributed by atoms with Crippen LogP contribution in [-0.2, 0) is 0 Å². The molecule has 0 saturated heterocycles. The van der Waals surface area contributed by atoms with Crippen molar-refractivity contribution < 1.29 is 0 Å². The smallest absolute Gasteiger partial charge is 0.101 e. The first kappa shape index (κ1) is 12.7. The molecule has 0 spiro atoms. The van der Waals surface area contributed by atoms with Crippen LogP contribution in [-0.4, -0.2) is 4.57 Å². The SMILES string of the molecule is CCC(C)n1cc(C#N)c(-c2ccccc2Cl)c1. The monoisotopic (exact) mass is 258 g/mol. The molecule has 2 nitrogen and oxygen atoms in total. The van der Waals surface area contributed by atoms with E-state index in [9.17, 15) is 5.26 Å². The second-order valence-corrected chi connectivity index (χ2v) is 4.79. The zero-order valence-corrected chi connectivity index (χ0v) is 11.3. The van der Waals surface area contributed by atoms with E-state index in [4.69, 9.17) is 11.6 Å². The second kappa shape index (κ2) is 5.29. The van der Waals surface area contributed by atoms with Crippen LogP contribution in [0.25, 0.3) is 11.1 Å². The average Bonchev–Trinajstić information content (AvgIpc) is 2.82. The molecule has 0 fully saturated rings. The first-order valence-electron chi connectivity index (χ1n) is 6.03. The minimum absolute atomic E-state index is 0.383. The molecule has 1 atom stereocenters. The molecule has 0 amide bonds. The summed E-state index contributed by atoms with van der Waals surface area (Å²) in [4.78, 5) is 0. The number of nitriles is 1. The third-order valence-electron chi connectivity index (χ3n) is 3.23. The average molecular weight is 259 g/mol. The van der Waals surface area contributed by atoms with Gasteiger partial charge < -0.3 is 4.57 Å². The molecule has 0 aliphatic heterocycles. The number of rotatable bonds is 3. The van der Waals surface area contributed by atoms with Crippen molar-refractivity contribution in [3.05, 3.63) is 47.2 Å². The molecule has 1 unspecified atom stereocenters. The molecule has 2 aromatic rings. The van der Waals surface area contributed by atoms with E-state index in [1.54, 1.807) is 0 Å². The van der Waals surface area contributed by atoms with Gasteiger partial charge in [-0.15, -0.1) is 0 Å². The standard InChI is InChI=1S/C15H15ClN2/c1-3-11(2)18-9-12(8-17)14(10-18)13-6-4-5-7-15(13)16/h4-7,9-11H,3H2,1-2H3. The number of hydrogen-bond acceptors (Lipinski definition) is 1. The summed E-state index contributed by atoms with van der Waals surface area (Å²) in [5.41, 5.74) is 2.49. The number of hydrogen-bond donors (Lipinski definition) is 0. The van der Waals surface area contributed by atoms with Crippen LogP contribution in [0.1, 0.15) is 31.9 Å². The van der Waals surface area contributed by atoms with Crippen molar-refractivity contribution in [1.29, 1.82) is 5.26 Å². The Balaban J connectivity index is 2.55. The van der Waals surface area contributed by atoms with Crippen LogP contribution in [0.15, 0.2) is 36.7 Å². The summed E-state index contributed by atoms with van der Waals surface area (Å²) in [6, 6.07) is 10.2. The van der Waals surface area contributed by atoms with Crippen molar-refractivity contribution >= 4 is 11.6 Å². The Morgan fingerprint density at radius 2 is 2.00 bits per heavy atom. The Morgan fingerprint density at radius 1 is 1.28 bits per heavy atom. The third kappa shape index (κ3) is 2.27. The van der Waals surface area contributed by atoms with E-state index in [1.165, 1.54) is 0 Å². The Morgan fingerprint density at radius 3 is 2.61 bits per heavy atom. The highest BCUT2D eigenvalue weighted by Gasteiger charge is 2.13. The molecule has 0 saturated carbocycles. The van der Waals surface area contributed by atoms with Crippen LogP contribution < -0.4 is 0 Å². The summed E-state index contributed by atoms with van der Waals surface area (Å²) < 4.78 is 2.08. The van der Waals surface area contributed by atoms with Gasteiger partial charge in [0, 0.05) is 34.6 Å². The lowest BCUT2D eigenvalue weighted by atomic mass is 10.1. The van der Waals surface area contributed by atoms with E-state index in [1.807, 2.05) is 36.7 Å². The largest absolute Gasteiger partial charge is 0.350 e. The predicted octanol–water partition coefficient (Wildman–Crippen LogP) is 4.65. The van der Waals surface area contributed by atoms with E-state index in [0.717, 1.165) is 17.5 Å². The third-order valence-corrected chi connectivity index (χ3v) is 3.56. The van der Waals surface area contributed by atoms with E-state index in [2.05, 4.69) is 24.5 Å². The quantitative estimate of drug-likeness (QED) is 0.788. The Kier molecular flexibility index (Phi) is 3.74. The number of benzene rings is 1.